The monoisotopic (exact) mass is 1620 g/mol. The van der Waals surface area contributed by atoms with Crippen molar-refractivity contribution >= 4 is 140 Å². The van der Waals surface area contributed by atoms with Crippen molar-refractivity contribution in [3.05, 3.63) is 128 Å². The Hall–Kier alpha value is -2.15. The van der Waals surface area contributed by atoms with Gasteiger partial charge in [0.25, 0.3) is 6.47 Å². The van der Waals surface area contributed by atoms with Crippen LogP contribution in [0.2, 0.25) is 10.0 Å². The quantitative estimate of drug-likeness (QED) is 0.0539. The second-order valence-corrected chi connectivity index (χ2v) is 27.7. The predicted molar refractivity (Wildman–Crippen MR) is 343 cm³/mol. The molecule has 0 aliphatic carbocycles. The number of para-hydroxylation sites is 4. The molecule has 0 bridgehead atoms. The molecule has 2 fully saturated rings. The Labute approximate surface area is 660 Å². The summed E-state index contributed by atoms with van der Waals surface area (Å²) in [6.45, 7) is 13.8. The van der Waals surface area contributed by atoms with Crippen LogP contribution in [-0.2, 0) is 64.3 Å². The summed E-state index contributed by atoms with van der Waals surface area (Å²) in [6, 6.07) is 25.8. The number of halogens is 5. The van der Waals surface area contributed by atoms with Crippen molar-refractivity contribution < 1.29 is 196 Å². The molecule has 1 atom stereocenters. The number of hydrogen-bond acceptors (Lipinski definition) is 15. The zero-order valence-electron chi connectivity index (χ0n) is 53.3. The maximum atomic E-state index is 13.8. The molecular weight excluding hydrogens is 1540 g/mol. The van der Waals surface area contributed by atoms with E-state index < -0.39 is 44.1 Å². The van der Waals surface area contributed by atoms with Crippen molar-refractivity contribution in [1.29, 1.82) is 0 Å². The van der Waals surface area contributed by atoms with Crippen molar-refractivity contribution in [2.75, 3.05) is 57.3 Å². The molecule has 89 heavy (non-hydrogen) atoms. The number of aromatic nitrogens is 8. The number of fused-ring (bicyclic) bond motifs is 4. The van der Waals surface area contributed by atoms with E-state index >= 15 is 0 Å². The van der Waals surface area contributed by atoms with Crippen molar-refractivity contribution in [2.24, 2.45) is 0 Å². The van der Waals surface area contributed by atoms with Crippen LogP contribution in [-0.4, -0.2) is 152 Å². The number of nitrogens with zero attached hydrogens (tertiary/aromatic N) is 9. The van der Waals surface area contributed by atoms with Crippen LogP contribution >= 0.6 is 57.1 Å². The van der Waals surface area contributed by atoms with Crippen LogP contribution in [0.1, 0.15) is 80.9 Å². The van der Waals surface area contributed by atoms with Gasteiger partial charge >= 0.3 is 161 Å². The second-order valence-electron chi connectivity index (χ2n) is 22.0. The summed E-state index contributed by atoms with van der Waals surface area (Å²) in [5.41, 5.74) is 5.01. The number of nitrogens with one attached hydrogen (secondary N) is 1. The number of imidazole rings is 4. The second kappa shape index (κ2) is 36.7. The van der Waals surface area contributed by atoms with Crippen LogP contribution in [0.25, 0.3) is 44.1 Å². The Bertz CT molecular complexity index is 4060. The van der Waals surface area contributed by atoms with Crippen LogP contribution in [0.5, 0.6) is 0 Å². The summed E-state index contributed by atoms with van der Waals surface area (Å²) in [6.07, 6.45) is 2.69. The molecule has 8 aromatic rings. The van der Waals surface area contributed by atoms with E-state index in [1.165, 1.54) is 12.5 Å². The fourth-order valence-corrected chi connectivity index (χ4v) is 11.3. The van der Waals surface area contributed by atoms with E-state index in [9.17, 15) is 40.4 Å². The van der Waals surface area contributed by atoms with E-state index in [0.717, 1.165) is 44.4 Å². The van der Waals surface area contributed by atoms with E-state index in [1.54, 1.807) is 47.8 Å². The summed E-state index contributed by atoms with van der Waals surface area (Å²) in [7, 11) is -7.06. The summed E-state index contributed by atoms with van der Waals surface area (Å²) >= 11 is 18.0. The van der Waals surface area contributed by atoms with Gasteiger partial charge in [-0.2, -0.15) is 9.90 Å². The van der Waals surface area contributed by atoms with E-state index in [-0.39, 0.29) is 221 Å². The van der Waals surface area contributed by atoms with Crippen LogP contribution < -0.4 is 154 Å². The largest absolute Gasteiger partial charge is 1.00 e. The number of aryl methyl sites for hydroxylation is 2. The zero-order chi connectivity index (χ0) is 63.5. The third-order valence-corrected chi connectivity index (χ3v) is 15.9. The molecule has 2 aliphatic heterocycles. The molecule has 6 heterocycles. The van der Waals surface area contributed by atoms with Gasteiger partial charge in [-0.15, -0.1) is 24.0 Å². The maximum absolute atomic E-state index is 13.8. The first-order valence-electron chi connectivity index (χ1n) is 27.2. The van der Waals surface area contributed by atoms with E-state index in [0.29, 0.717) is 73.5 Å². The molecular formula is C56H74Cl4Cs2FN10O13PS2. The van der Waals surface area contributed by atoms with E-state index in [1.807, 2.05) is 111 Å². The number of hydrogen-bond donors (Lipinski definition) is 1. The third-order valence-electron chi connectivity index (χ3n) is 13.1. The fraction of sp³-hybridized carbons (Fsp3) is 0.446. The summed E-state index contributed by atoms with van der Waals surface area (Å²) in [4.78, 5) is 76.7. The number of rotatable bonds is 14. The number of ether oxygens (including phenoxy) is 2. The number of likely N-dealkylation sites (tertiary alicyclic amines) is 2. The molecule has 0 saturated carbocycles. The van der Waals surface area contributed by atoms with Gasteiger partial charge in [0.2, 0.25) is 0 Å². The summed E-state index contributed by atoms with van der Waals surface area (Å²) < 4.78 is 81.1. The van der Waals surface area contributed by atoms with Crippen LogP contribution in [0.3, 0.4) is 0 Å². The van der Waals surface area contributed by atoms with Crippen molar-refractivity contribution in [2.45, 2.75) is 103 Å². The summed E-state index contributed by atoms with van der Waals surface area (Å²) in [5.74, 6) is 1.85. The van der Waals surface area contributed by atoms with Gasteiger partial charge in [0.15, 0.2) is 0 Å². The minimum atomic E-state index is -3.12. The van der Waals surface area contributed by atoms with Crippen LogP contribution in [0, 0.1) is 0 Å². The molecule has 33 heteroatoms. The van der Waals surface area contributed by atoms with Crippen molar-refractivity contribution in [3.8, 4) is 0 Å². The van der Waals surface area contributed by atoms with Crippen LogP contribution in [0.4, 0.5) is 14.0 Å². The average Bonchev–Trinajstić information content (AvgIpc) is 2.39. The molecule has 2 saturated heterocycles. The first-order valence-corrected chi connectivity index (χ1v) is 31.9. The minimum absolute atomic E-state index is 0. The SMILES string of the molecule is CC(C)(C)OC(=O)N1CC(n2c(=O)[nH]c3ccccc32)C1.CC(C)(C)OC(=O)N1CC(n2c(=O)n(Cc3nc4cc(Cl)ccc4n3CCCS(C)(=O)=O)c3ccccc32)C1.CS(=O)(=O)CCCn1c(CCl)nc2cc(Cl)ccc21.Cl.O=CO[O-].P.[2H]CF.[Cs+].[Cs+].[H-]. The number of aromatic amines is 1. The molecule has 0 spiro atoms. The number of amides is 2. The predicted octanol–water partition coefficient (Wildman–Crippen LogP) is 2.69. The van der Waals surface area contributed by atoms with Crippen molar-refractivity contribution in [3.63, 3.8) is 0 Å². The molecule has 4 aromatic carbocycles. The van der Waals surface area contributed by atoms with Crippen molar-refractivity contribution in [1.82, 2.24) is 47.6 Å². The first-order chi connectivity index (χ1) is 40.4. The smallest absolute Gasteiger partial charge is 1.00 e. The molecule has 1 unspecified atom stereocenters. The van der Waals surface area contributed by atoms with Gasteiger partial charge in [0, 0.05) is 61.8 Å². The van der Waals surface area contributed by atoms with Gasteiger partial charge in [-0.05, 0) is 115 Å². The first kappa shape index (κ1) is 81.1. The minimum Gasteiger partial charge on any atom is -1.00 e. The molecule has 2 amide bonds. The van der Waals surface area contributed by atoms with Gasteiger partial charge < -0.3 is 45.0 Å². The van der Waals surface area contributed by atoms with Gasteiger partial charge in [-0.1, -0.05) is 47.5 Å². The average molecular weight is 1620 g/mol. The number of sulfone groups is 2. The van der Waals surface area contributed by atoms with Gasteiger partial charge in [-0.3, -0.25) is 22.9 Å². The summed E-state index contributed by atoms with van der Waals surface area (Å²) in [5, 5.41) is 9.59. The molecule has 2 aliphatic rings. The van der Waals surface area contributed by atoms with Gasteiger partial charge in [0.1, 0.15) is 42.5 Å². The number of carbonyl (C=O) groups excluding carboxylic acids is 3. The number of benzene rings is 4. The van der Waals surface area contributed by atoms with E-state index in [4.69, 9.17) is 60.7 Å². The molecule has 480 valence electrons. The number of H-pyrrole nitrogens is 1. The van der Waals surface area contributed by atoms with Crippen LogP contribution in [0.15, 0.2) is 94.5 Å². The molecule has 23 nitrogen and oxygen atoms in total. The molecule has 10 rings (SSSR count). The Kier molecular flexibility index (Phi) is 33.4. The Morgan fingerprint density at radius 3 is 1.54 bits per heavy atom. The molecule has 1 N–H and O–H groups in total. The number of carbonyl (C=O) groups is 3. The van der Waals surface area contributed by atoms with Gasteiger partial charge in [0.05, 0.1) is 88.7 Å². The maximum Gasteiger partial charge on any atom is 1.00 e. The molecule has 0 radical (unpaired) electrons. The topological polar surface area (TPSA) is 277 Å². The Morgan fingerprint density at radius 2 is 1.11 bits per heavy atom. The van der Waals surface area contributed by atoms with Gasteiger partial charge in [-0.25, -0.2) is 46.0 Å². The number of alkyl halides is 2. The standard InChI is InChI=1S/C27H32ClN5O5S.C15H19N3O3.C12H14Cl2N2O2S.CH3F.CH2O3.ClH.2Cs.H3P.H/c1-27(2,3)38-26(35)30-15-19(16-30)33-23-9-6-5-8-22(23)32(25(33)34)17-24-29-20-14-18(28)10-11-21(20)31(24)12-7-13-39(4,36)37;1-15(2,3)21-14(20)17-8-10(9-17)18-12-7-5-4-6-11(12)16-13(18)19;1-19(17,18)6-2-5-16-11-4-3-9(14)7-10(11)15-12(16)8-13;1-2;2-1-4-3;;;;;/h5-6,8-11,14,19H,7,12-13,15-17H2,1-4H3;4-7,10H,8-9H2,1-3H3,(H,16,19);3-4,7H,2,5-6,8H2,1H3;1H3;1,3H;1H;;;1H3;/q;;;;;;2*+1;;-1/p-1/i;;;1D;;;;;;. The fourth-order valence-electron chi connectivity index (χ4n) is 9.50. The zero-order valence-corrected chi connectivity index (χ0v) is 70.0. The Balaban J connectivity index is 0.000000678. The third kappa shape index (κ3) is 23.3. The van der Waals surface area contributed by atoms with E-state index in [2.05, 4.69) is 14.9 Å². The normalized spacial score (nSPS) is 13.3. The Morgan fingerprint density at radius 1 is 0.708 bits per heavy atom. The molecule has 4 aromatic heterocycles.